The summed E-state index contributed by atoms with van der Waals surface area (Å²) in [5.41, 5.74) is 2.23. The molecule has 1 aromatic carbocycles. The molecule has 0 fully saturated rings. The van der Waals surface area contributed by atoms with Crippen LogP contribution < -0.4 is 10.6 Å². The molecule has 0 aliphatic heterocycles. The molecule has 0 atom stereocenters. The van der Waals surface area contributed by atoms with Crippen LogP contribution >= 0.6 is 11.3 Å². The summed E-state index contributed by atoms with van der Waals surface area (Å²) in [7, 11) is 0. The van der Waals surface area contributed by atoms with E-state index < -0.39 is 5.82 Å². The Kier molecular flexibility index (Phi) is 3.86. The van der Waals surface area contributed by atoms with E-state index in [9.17, 15) is 14.0 Å². The minimum absolute atomic E-state index is 0.0172. The molecule has 0 spiro atoms. The summed E-state index contributed by atoms with van der Waals surface area (Å²) in [5.74, 6) is -1.34. The number of hydrogen-bond acceptors (Lipinski definition) is 4. The molecule has 0 unspecified atom stereocenters. The highest BCUT2D eigenvalue weighted by Gasteiger charge is 2.10. The normalized spacial score (nSPS) is 10.0. The lowest BCUT2D eigenvalue weighted by atomic mass is 10.2. The molecule has 2 N–H and O–H groups in total. The summed E-state index contributed by atoms with van der Waals surface area (Å²) in [6.45, 7) is 1.28. The number of nitrogens with one attached hydrogen (secondary N) is 2. The molecule has 2 amide bonds. The van der Waals surface area contributed by atoms with E-state index in [4.69, 9.17) is 0 Å². The SMILES string of the molecule is CC(=O)Nc1cc(NC(=O)c2cscn2)ccc1F. The highest BCUT2D eigenvalue weighted by Crippen LogP contribution is 2.20. The average molecular weight is 279 g/mol. The Hall–Kier alpha value is -2.28. The van der Waals surface area contributed by atoms with Crippen molar-refractivity contribution in [3.05, 3.63) is 40.6 Å². The zero-order valence-corrected chi connectivity index (χ0v) is 10.8. The van der Waals surface area contributed by atoms with Crippen LogP contribution in [0.4, 0.5) is 15.8 Å². The van der Waals surface area contributed by atoms with Gasteiger partial charge in [0.15, 0.2) is 0 Å². The number of carbonyl (C=O) groups is 2. The van der Waals surface area contributed by atoms with E-state index in [1.165, 1.54) is 36.5 Å². The Labute approximate surface area is 112 Å². The fourth-order valence-electron chi connectivity index (χ4n) is 1.41. The van der Waals surface area contributed by atoms with Crippen LogP contribution in [0.15, 0.2) is 29.1 Å². The van der Waals surface area contributed by atoms with Crippen LogP contribution in [0.1, 0.15) is 17.4 Å². The number of carbonyl (C=O) groups excluding carboxylic acids is 2. The van der Waals surface area contributed by atoms with Crippen molar-refractivity contribution in [1.82, 2.24) is 4.98 Å². The summed E-state index contributed by atoms with van der Waals surface area (Å²) in [5, 5.41) is 6.52. The summed E-state index contributed by atoms with van der Waals surface area (Å²) in [6, 6.07) is 3.92. The maximum atomic E-state index is 13.4. The standard InChI is InChI=1S/C12H10FN3O2S/c1-7(17)15-10-4-8(2-3-9(10)13)16-12(18)11-5-19-6-14-11/h2-6H,1H3,(H,15,17)(H,16,18). The second-order valence-electron chi connectivity index (χ2n) is 3.70. The minimum atomic E-state index is -0.568. The van der Waals surface area contributed by atoms with Gasteiger partial charge in [-0.15, -0.1) is 11.3 Å². The highest BCUT2D eigenvalue weighted by molar-refractivity contribution is 7.07. The van der Waals surface area contributed by atoms with Crippen molar-refractivity contribution in [1.29, 1.82) is 0 Å². The molecular weight excluding hydrogens is 269 g/mol. The quantitative estimate of drug-likeness (QED) is 0.906. The van der Waals surface area contributed by atoms with Gasteiger partial charge in [0.05, 0.1) is 11.2 Å². The van der Waals surface area contributed by atoms with Crippen LogP contribution in [0.3, 0.4) is 0 Å². The summed E-state index contributed by atoms with van der Waals surface area (Å²) < 4.78 is 13.4. The summed E-state index contributed by atoms with van der Waals surface area (Å²) in [6.07, 6.45) is 0. The Bertz CT molecular complexity index is 613. The van der Waals surface area contributed by atoms with Crippen LogP contribution in [0.25, 0.3) is 0 Å². The molecule has 1 heterocycles. The van der Waals surface area contributed by atoms with Crippen LogP contribution in [0, 0.1) is 5.82 Å². The Morgan fingerprint density at radius 2 is 2.11 bits per heavy atom. The first-order valence-electron chi connectivity index (χ1n) is 5.33. The second kappa shape index (κ2) is 5.57. The van der Waals surface area contributed by atoms with Gasteiger partial charge in [0.1, 0.15) is 11.5 Å². The zero-order chi connectivity index (χ0) is 13.8. The number of benzene rings is 1. The van der Waals surface area contributed by atoms with Crippen LogP contribution in [-0.2, 0) is 4.79 Å². The largest absolute Gasteiger partial charge is 0.324 e. The van der Waals surface area contributed by atoms with Crippen LogP contribution in [-0.4, -0.2) is 16.8 Å². The lowest BCUT2D eigenvalue weighted by molar-refractivity contribution is -0.114. The van der Waals surface area contributed by atoms with Gasteiger partial charge in [-0.25, -0.2) is 9.37 Å². The van der Waals surface area contributed by atoms with Gasteiger partial charge in [-0.3, -0.25) is 9.59 Å². The van der Waals surface area contributed by atoms with E-state index >= 15 is 0 Å². The number of amides is 2. The maximum Gasteiger partial charge on any atom is 0.275 e. The van der Waals surface area contributed by atoms with E-state index in [0.717, 1.165) is 0 Å². The van der Waals surface area contributed by atoms with E-state index in [2.05, 4.69) is 15.6 Å². The van der Waals surface area contributed by atoms with Gasteiger partial charge in [-0.05, 0) is 18.2 Å². The van der Waals surface area contributed by atoms with Gasteiger partial charge in [0, 0.05) is 18.0 Å². The van der Waals surface area contributed by atoms with Crippen molar-refractivity contribution >= 4 is 34.5 Å². The van der Waals surface area contributed by atoms with Crippen LogP contribution in [0.5, 0.6) is 0 Å². The van der Waals surface area contributed by atoms with Crippen molar-refractivity contribution in [3.8, 4) is 0 Å². The molecular formula is C12H10FN3O2S. The second-order valence-corrected chi connectivity index (χ2v) is 4.42. The molecule has 19 heavy (non-hydrogen) atoms. The van der Waals surface area contributed by atoms with Crippen molar-refractivity contribution in [2.75, 3.05) is 10.6 Å². The molecule has 0 saturated carbocycles. The number of thiazole rings is 1. The van der Waals surface area contributed by atoms with E-state index in [0.29, 0.717) is 5.69 Å². The van der Waals surface area contributed by atoms with Crippen molar-refractivity contribution in [2.45, 2.75) is 6.92 Å². The maximum absolute atomic E-state index is 13.4. The number of aromatic nitrogens is 1. The van der Waals surface area contributed by atoms with Gasteiger partial charge in [0.2, 0.25) is 5.91 Å². The first-order chi connectivity index (χ1) is 9.06. The lowest BCUT2D eigenvalue weighted by Gasteiger charge is -2.08. The Morgan fingerprint density at radius 1 is 1.32 bits per heavy atom. The third-order valence-electron chi connectivity index (χ3n) is 2.20. The molecule has 0 saturated heterocycles. The van der Waals surface area contributed by atoms with Crippen LogP contribution in [0.2, 0.25) is 0 Å². The molecule has 0 radical (unpaired) electrons. The predicted molar refractivity (Wildman–Crippen MR) is 70.8 cm³/mol. The monoisotopic (exact) mass is 279 g/mol. The van der Waals surface area contributed by atoms with Gasteiger partial charge < -0.3 is 10.6 Å². The predicted octanol–water partition coefficient (Wildman–Crippen LogP) is 2.49. The molecule has 7 heteroatoms. The average Bonchev–Trinajstić information content (AvgIpc) is 2.86. The number of hydrogen-bond donors (Lipinski definition) is 2. The van der Waals surface area contributed by atoms with Crippen molar-refractivity contribution < 1.29 is 14.0 Å². The fraction of sp³-hybridized carbons (Fsp3) is 0.0833. The molecule has 1 aromatic heterocycles. The number of rotatable bonds is 3. The smallest absolute Gasteiger partial charge is 0.275 e. The van der Waals surface area contributed by atoms with Crippen molar-refractivity contribution in [3.63, 3.8) is 0 Å². The molecule has 0 aliphatic carbocycles. The number of anilines is 2. The van der Waals surface area contributed by atoms with Gasteiger partial charge in [-0.2, -0.15) is 0 Å². The Morgan fingerprint density at radius 3 is 2.74 bits per heavy atom. The van der Waals surface area contributed by atoms with E-state index in [1.807, 2.05) is 0 Å². The topological polar surface area (TPSA) is 71.1 Å². The Balaban J connectivity index is 2.17. The lowest BCUT2D eigenvalue weighted by Crippen LogP contribution is -2.13. The minimum Gasteiger partial charge on any atom is -0.324 e. The molecule has 2 aromatic rings. The van der Waals surface area contributed by atoms with Gasteiger partial charge >= 0.3 is 0 Å². The molecule has 0 aliphatic rings. The highest BCUT2D eigenvalue weighted by atomic mass is 32.1. The first kappa shape index (κ1) is 13.2. The molecule has 98 valence electrons. The third-order valence-corrected chi connectivity index (χ3v) is 2.79. The first-order valence-corrected chi connectivity index (χ1v) is 6.27. The molecule has 5 nitrogen and oxygen atoms in total. The van der Waals surface area contributed by atoms with Gasteiger partial charge in [0.25, 0.3) is 5.91 Å². The summed E-state index contributed by atoms with van der Waals surface area (Å²) in [4.78, 5) is 26.5. The third kappa shape index (κ3) is 3.35. The molecule has 2 rings (SSSR count). The number of halogens is 1. The number of nitrogens with zero attached hydrogens (tertiary/aromatic N) is 1. The van der Waals surface area contributed by atoms with Crippen molar-refractivity contribution in [2.24, 2.45) is 0 Å². The molecule has 0 bridgehead atoms. The summed E-state index contributed by atoms with van der Waals surface area (Å²) >= 11 is 1.30. The van der Waals surface area contributed by atoms with Gasteiger partial charge in [-0.1, -0.05) is 0 Å². The fourth-order valence-corrected chi connectivity index (χ4v) is 1.94. The van der Waals surface area contributed by atoms with E-state index in [1.54, 1.807) is 10.9 Å². The zero-order valence-electron chi connectivity index (χ0n) is 9.94. The van der Waals surface area contributed by atoms with E-state index in [-0.39, 0.29) is 23.2 Å².